The molecule has 5 heteroatoms. The number of anilines is 1. The summed E-state index contributed by atoms with van der Waals surface area (Å²) in [6, 6.07) is 5.31. The number of benzene rings is 1. The van der Waals surface area contributed by atoms with Crippen molar-refractivity contribution in [2.24, 2.45) is 11.7 Å². The fraction of sp³-hybridized carbons (Fsp3) is 0.364. The van der Waals surface area contributed by atoms with Crippen molar-refractivity contribution in [2.45, 2.75) is 18.9 Å². The lowest BCUT2D eigenvalue weighted by atomic mass is 9.80. The molecular weight excluding hydrogens is 247 g/mol. The van der Waals surface area contributed by atoms with E-state index in [4.69, 9.17) is 28.9 Å². The third-order valence-electron chi connectivity index (χ3n) is 2.75. The van der Waals surface area contributed by atoms with Crippen LogP contribution < -0.4 is 11.1 Å². The molecule has 0 bridgehead atoms. The second kappa shape index (κ2) is 4.62. The summed E-state index contributed by atoms with van der Waals surface area (Å²) >= 11 is 11.8. The van der Waals surface area contributed by atoms with Gasteiger partial charge in [-0.1, -0.05) is 29.3 Å². The maximum absolute atomic E-state index is 11.7. The number of amides is 1. The van der Waals surface area contributed by atoms with Gasteiger partial charge in [0.2, 0.25) is 5.91 Å². The standard InChI is InChI=1S/C11H12Cl2N2O/c12-8-2-1-3-9(10(8)13)15-11(16)6-4-7(14)5-6/h1-3,6-7H,4-5,14H2,(H,15,16). The Labute approximate surface area is 104 Å². The zero-order valence-electron chi connectivity index (χ0n) is 8.54. The fourth-order valence-electron chi connectivity index (χ4n) is 1.71. The van der Waals surface area contributed by atoms with Gasteiger partial charge in [-0.25, -0.2) is 0 Å². The highest BCUT2D eigenvalue weighted by molar-refractivity contribution is 6.43. The number of nitrogens with two attached hydrogens (primary N) is 1. The molecule has 3 nitrogen and oxygen atoms in total. The molecule has 2 rings (SSSR count). The van der Waals surface area contributed by atoms with Crippen LogP contribution in [0, 0.1) is 5.92 Å². The van der Waals surface area contributed by atoms with Crippen molar-refractivity contribution >= 4 is 34.8 Å². The summed E-state index contributed by atoms with van der Waals surface area (Å²) in [7, 11) is 0. The molecule has 0 spiro atoms. The quantitative estimate of drug-likeness (QED) is 0.857. The summed E-state index contributed by atoms with van der Waals surface area (Å²) in [5.41, 5.74) is 6.18. The van der Waals surface area contributed by atoms with E-state index in [2.05, 4.69) is 5.32 Å². The molecule has 1 aromatic carbocycles. The lowest BCUT2D eigenvalue weighted by molar-refractivity contribution is -0.122. The molecule has 0 heterocycles. The molecule has 16 heavy (non-hydrogen) atoms. The Morgan fingerprint density at radius 2 is 2.06 bits per heavy atom. The largest absolute Gasteiger partial charge is 0.328 e. The molecule has 1 aliphatic carbocycles. The van der Waals surface area contributed by atoms with E-state index in [1.807, 2.05) is 0 Å². The van der Waals surface area contributed by atoms with Crippen molar-refractivity contribution in [3.05, 3.63) is 28.2 Å². The summed E-state index contributed by atoms with van der Waals surface area (Å²) in [4.78, 5) is 11.7. The van der Waals surface area contributed by atoms with Crippen LogP contribution in [0.2, 0.25) is 10.0 Å². The third kappa shape index (κ3) is 2.32. The Morgan fingerprint density at radius 1 is 1.38 bits per heavy atom. The maximum Gasteiger partial charge on any atom is 0.227 e. The summed E-state index contributed by atoms with van der Waals surface area (Å²) in [5.74, 6) is -0.0316. The minimum absolute atomic E-state index is 0.00467. The van der Waals surface area contributed by atoms with E-state index >= 15 is 0 Å². The first-order valence-electron chi connectivity index (χ1n) is 5.08. The first-order valence-corrected chi connectivity index (χ1v) is 5.84. The van der Waals surface area contributed by atoms with Crippen molar-refractivity contribution in [1.82, 2.24) is 0 Å². The molecule has 1 aromatic rings. The first-order chi connectivity index (χ1) is 7.58. The molecule has 86 valence electrons. The maximum atomic E-state index is 11.7. The number of nitrogens with one attached hydrogen (secondary N) is 1. The second-order valence-corrected chi connectivity index (χ2v) is 4.80. The molecule has 3 N–H and O–H groups in total. The average Bonchev–Trinajstić information content (AvgIpc) is 2.20. The molecule has 1 fully saturated rings. The van der Waals surface area contributed by atoms with Gasteiger partial charge in [-0.3, -0.25) is 4.79 Å². The number of rotatable bonds is 2. The van der Waals surface area contributed by atoms with E-state index in [0.29, 0.717) is 15.7 Å². The van der Waals surface area contributed by atoms with E-state index in [1.54, 1.807) is 18.2 Å². The van der Waals surface area contributed by atoms with Crippen molar-refractivity contribution in [1.29, 1.82) is 0 Å². The highest BCUT2D eigenvalue weighted by Gasteiger charge is 2.32. The molecule has 1 amide bonds. The predicted octanol–water partition coefficient (Wildman–Crippen LogP) is 2.67. The summed E-state index contributed by atoms with van der Waals surface area (Å²) < 4.78 is 0. The topological polar surface area (TPSA) is 55.1 Å². The van der Waals surface area contributed by atoms with Gasteiger partial charge in [0.05, 0.1) is 15.7 Å². The van der Waals surface area contributed by atoms with Crippen LogP contribution >= 0.6 is 23.2 Å². The fourth-order valence-corrected chi connectivity index (χ4v) is 2.06. The number of carbonyl (C=O) groups is 1. The van der Waals surface area contributed by atoms with E-state index < -0.39 is 0 Å². The molecule has 0 unspecified atom stereocenters. The predicted molar refractivity (Wildman–Crippen MR) is 65.8 cm³/mol. The average molecular weight is 259 g/mol. The summed E-state index contributed by atoms with van der Waals surface area (Å²) in [6.07, 6.45) is 1.48. The number of carbonyl (C=O) groups excluding carboxylic acids is 1. The van der Waals surface area contributed by atoms with Crippen molar-refractivity contribution in [3.63, 3.8) is 0 Å². The Morgan fingerprint density at radius 3 is 2.69 bits per heavy atom. The van der Waals surface area contributed by atoms with Gasteiger partial charge >= 0.3 is 0 Å². The molecule has 0 atom stereocenters. The monoisotopic (exact) mass is 258 g/mol. The van der Waals surface area contributed by atoms with E-state index in [1.165, 1.54) is 0 Å². The van der Waals surface area contributed by atoms with Crippen molar-refractivity contribution < 1.29 is 4.79 Å². The highest BCUT2D eigenvalue weighted by atomic mass is 35.5. The van der Waals surface area contributed by atoms with Crippen molar-refractivity contribution in [2.75, 3.05) is 5.32 Å². The van der Waals surface area contributed by atoms with Crippen molar-refractivity contribution in [3.8, 4) is 0 Å². The summed E-state index contributed by atoms with van der Waals surface area (Å²) in [5, 5.41) is 3.57. The minimum atomic E-state index is -0.0362. The van der Waals surface area contributed by atoms with Crippen LogP contribution in [-0.2, 0) is 4.79 Å². The number of halogens is 2. The molecule has 0 radical (unpaired) electrons. The molecule has 0 aromatic heterocycles. The lowest BCUT2D eigenvalue weighted by Gasteiger charge is -2.31. The van der Waals surface area contributed by atoms with Gasteiger partial charge in [0.1, 0.15) is 0 Å². The number of hydrogen-bond donors (Lipinski definition) is 2. The van der Waals surface area contributed by atoms with E-state index in [9.17, 15) is 4.79 Å². The molecule has 1 saturated carbocycles. The van der Waals surface area contributed by atoms with Gasteiger partial charge in [-0.05, 0) is 25.0 Å². The Bertz CT molecular complexity index is 416. The van der Waals surface area contributed by atoms with Crippen LogP contribution in [0.5, 0.6) is 0 Å². The molecule has 1 aliphatic rings. The highest BCUT2D eigenvalue weighted by Crippen LogP contribution is 2.32. The minimum Gasteiger partial charge on any atom is -0.328 e. The smallest absolute Gasteiger partial charge is 0.227 e. The van der Waals surface area contributed by atoms with E-state index in [0.717, 1.165) is 12.8 Å². The SMILES string of the molecule is NC1CC(C(=O)Nc2cccc(Cl)c2Cl)C1. The molecular formula is C11H12Cl2N2O. The van der Waals surface area contributed by atoms with Crippen LogP contribution in [0.4, 0.5) is 5.69 Å². The third-order valence-corrected chi connectivity index (χ3v) is 3.57. The first kappa shape index (κ1) is 11.7. The van der Waals surface area contributed by atoms with E-state index in [-0.39, 0.29) is 17.9 Å². The van der Waals surface area contributed by atoms with Crippen LogP contribution in [-0.4, -0.2) is 11.9 Å². The van der Waals surface area contributed by atoms with Gasteiger partial charge in [0.25, 0.3) is 0 Å². The molecule has 0 aliphatic heterocycles. The lowest BCUT2D eigenvalue weighted by Crippen LogP contribution is -2.42. The number of hydrogen-bond acceptors (Lipinski definition) is 2. The van der Waals surface area contributed by atoms with Gasteiger partial charge < -0.3 is 11.1 Å². The Balaban J connectivity index is 2.04. The second-order valence-electron chi connectivity index (χ2n) is 4.02. The normalized spacial score (nSPS) is 23.7. The van der Waals surface area contributed by atoms with Gasteiger partial charge in [0.15, 0.2) is 0 Å². The Kier molecular flexibility index (Phi) is 3.38. The van der Waals surface area contributed by atoms with Crippen LogP contribution in [0.15, 0.2) is 18.2 Å². The molecule has 0 saturated heterocycles. The van der Waals surface area contributed by atoms with Crippen LogP contribution in [0.1, 0.15) is 12.8 Å². The summed E-state index contributed by atoms with van der Waals surface area (Å²) in [6.45, 7) is 0. The van der Waals surface area contributed by atoms with Crippen LogP contribution in [0.25, 0.3) is 0 Å². The zero-order chi connectivity index (χ0) is 11.7. The van der Waals surface area contributed by atoms with Gasteiger partial charge in [-0.15, -0.1) is 0 Å². The Hall–Kier alpha value is -0.770. The van der Waals surface area contributed by atoms with Gasteiger partial charge in [-0.2, -0.15) is 0 Å². The van der Waals surface area contributed by atoms with Crippen LogP contribution in [0.3, 0.4) is 0 Å². The zero-order valence-corrected chi connectivity index (χ0v) is 10.1. The van der Waals surface area contributed by atoms with Gasteiger partial charge in [0, 0.05) is 12.0 Å².